The molecule has 6 nitrogen and oxygen atoms in total. The van der Waals surface area contributed by atoms with Gasteiger partial charge in [-0.3, -0.25) is 0 Å². The summed E-state index contributed by atoms with van der Waals surface area (Å²) in [6.45, 7) is 4.03. The Kier molecular flexibility index (Phi) is 8.22. The molecule has 0 aliphatic carbocycles. The van der Waals surface area contributed by atoms with Crippen molar-refractivity contribution < 1.29 is 28.8 Å². The van der Waals surface area contributed by atoms with Gasteiger partial charge in [-0.05, 0) is 13.3 Å². The molecule has 0 rings (SSSR count). The van der Waals surface area contributed by atoms with E-state index < -0.39 is 12.3 Å². The third kappa shape index (κ3) is 8.86. The highest BCUT2D eigenvalue weighted by Gasteiger charge is 2.10. The van der Waals surface area contributed by atoms with Gasteiger partial charge in [0.2, 0.25) is 0 Å². The van der Waals surface area contributed by atoms with Gasteiger partial charge in [-0.15, -0.1) is 0 Å². The average molecular weight is 220 g/mol. The standard InChI is InChI=1S/C9H16O6/c1-3-5-6-7-13-9(11)15-14-8(10)12-4-2/h3-7H2,1-2H3. The second kappa shape index (κ2) is 9.11. The van der Waals surface area contributed by atoms with E-state index in [1.807, 2.05) is 6.92 Å². The maximum Gasteiger partial charge on any atom is 0.549 e. The van der Waals surface area contributed by atoms with E-state index in [4.69, 9.17) is 0 Å². The van der Waals surface area contributed by atoms with E-state index >= 15 is 0 Å². The molecule has 0 bridgehead atoms. The van der Waals surface area contributed by atoms with Gasteiger partial charge >= 0.3 is 12.3 Å². The molecular weight excluding hydrogens is 204 g/mol. The monoisotopic (exact) mass is 220 g/mol. The first kappa shape index (κ1) is 13.5. The number of unbranched alkanes of at least 4 members (excludes halogenated alkanes) is 2. The Hall–Kier alpha value is -1.46. The Morgan fingerprint density at radius 3 is 2.07 bits per heavy atom. The fourth-order valence-corrected chi connectivity index (χ4v) is 0.742. The zero-order chi connectivity index (χ0) is 11.5. The van der Waals surface area contributed by atoms with E-state index in [1.165, 1.54) is 0 Å². The zero-order valence-electron chi connectivity index (χ0n) is 8.99. The van der Waals surface area contributed by atoms with E-state index in [0.29, 0.717) is 0 Å². The lowest BCUT2D eigenvalue weighted by atomic mass is 10.3. The molecule has 0 saturated heterocycles. The number of carbonyl (C=O) groups excluding carboxylic acids is 2. The summed E-state index contributed by atoms with van der Waals surface area (Å²) in [7, 11) is 0. The first-order valence-corrected chi connectivity index (χ1v) is 4.88. The van der Waals surface area contributed by atoms with E-state index in [0.717, 1.165) is 19.3 Å². The number of carbonyl (C=O) groups is 2. The molecule has 0 aromatic carbocycles. The van der Waals surface area contributed by atoms with E-state index in [2.05, 4.69) is 19.2 Å². The van der Waals surface area contributed by atoms with Crippen molar-refractivity contribution in [2.45, 2.75) is 33.1 Å². The highest BCUT2D eigenvalue weighted by molar-refractivity contribution is 5.63. The van der Waals surface area contributed by atoms with Gasteiger partial charge in [-0.1, -0.05) is 19.8 Å². The minimum absolute atomic E-state index is 0.147. The fraction of sp³-hybridized carbons (Fsp3) is 0.778. The van der Waals surface area contributed by atoms with Gasteiger partial charge in [0.25, 0.3) is 0 Å². The first-order valence-electron chi connectivity index (χ1n) is 4.88. The Morgan fingerprint density at radius 2 is 1.53 bits per heavy atom. The Morgan fingerprint density at radius 1 is 0.933 bits per heavy atom. The second-order valence-corrected chi connectivity index (χ2v) is 2.66. The van der Waals surface area contributed by atoms with Gasteiger partial charge in [0.05, 0.1) is 13.2 Å². The van der Waals surface area contributed by atoms with Gasteiger partial charge < -0.3 is 9.47 Å². The highest BCUT2D eigenvalue weighted by Crippen LogP contribution is 1.96. The van der Waals surface area contributed by atoms with Crippen molar-refractivity contribution in [2.24, 2.45) is 0 Å². The molecule has 0 aromatic heterocycles. The summed E-state index contributed by atoms with van der Waals surface area (Å²) in [6.07, 6.45) is 0.636. The first-order chi connectivity index (χ1) is 7.20. The summed E-state index contributed by atoms with van der Waals surface area (Å²) in [5.41, 5.74) is 0. The van der Waals surface area contributed by atoms with Crippen molar-refractivity contribution in [1.29, 1.82) is 0 Å². The molecule has 0 fully saturated rings. The van der Waals surface area contributed by atoms with Gasteiger partial charge in [0.1, 0.15) is 0 Å². The van der Waals surface area contributed by atoms with Crippen molar-refractivity contribution >= 4 is 12.3 Å². The van der Waals surface area contributed by atoms with Crippen molar-refractivity contribution in [3.05, 3.63) is 0 Å². The third-order valence-electron chi connectivity index (χ3n) is 1.41. The van der Waals surface area contributed by atoms with Crippen LogP contribution in [0, 0.1) is 0 Å². The zero-order valence-corrected chi connectivity index (χ0v) is 8.99. The van der Waals surface area contributed by atoms with Crippen LogP contribution in [0.5, 0.6) is 0 Å². The SMILES string of the molecule is CCCCCOC(=O)OOC(=O)OCC. The topological polar surface area (TPSA) is 71.1 Å². The predicted molar refractivity (Wildman–Crippen MR) is 50.1 cm³/mol. The van der Waals surface area contributed by atoms with Crippen LogP contribution >= 0.6 is 0 Å². The molecule has 0 aromatic rings. The number of hydrogen-bond acceptors (Lipinski definition) is 6. The summed E-state index contributed by atoms with van der Waals surface area (Å²) in [6, 6.07) is 0. The van der Waals surface area contributed by atoms with E-state index in [1.54, 1.807) is 6.92 Å². The smallest absolute Gasteiger partial charge is 0.432 e. The third-order valence-corrected chi connectivity index (χ3v) is 1.41. The normalized spacial score (nSPS) is 9.20. The Bertz CT molecular complexity index is 191. The van der Waals surface area contributed by atoms with Gasteiger partial charge in [0, 0.05) is 0 Å². The molecule has 0 spiro atoms. The van der Waals surface area contributed by atoms with Crippen LogP contribution in [0.1, 0.15) is 33.1 Å². The van der Waals surface area contributed by atoms with Crippen LogP contribution in [0.25, 0.3) is 0 Å². The van der Waals surface area contributed by atoms with E-state index in [-0.39, 0.29) is 13.2 Å². The molecule has 0 aliphatic rings. The lowest BCUT2D eigenvalue weighted by Gasteiger charge is -2.03. The largest absolute Gasteiger partial charge is 0.549 e. The van der Waals surface area contributed by atoms with Crippen LogP contribution in [-0.2, 0) is 19.2 Å². The number of hydrogen-bond donors (Lipinski definition) is 0. The molecule has 0 saturated carbocycles. The van der Waals surface area contributed by atoms with Crippen molar-refractivity contribution in [3.8, 4) is 0 Å². The van der Waals surface area contributed by atoms with Crippen LogP contribution in [0.3, 0.4) is 0 Å². The quantitative estimate of drug-likeness (QED) is 0.306. The van der Waals surface area contributed by atoms with Crippen molar-refractivity contribution in [1.82, 2.24) is 0 Å². The molecule has 88 valence electrons. The maximum atomic E-state index is 10.7. The van der Waals surface area contributed by atoms with Crippen LogP contribution in [0.2, 0.25) is 0 Å². The molecule has 0 unspecified atom stereocenters. The molecule has 15 heavy (non-hydrogen) atoms. The van der Waals surface area contributed by atoms with Crippen molar-refractivity contribution in [3.63, 3.8) is 0 Å². The predicted octanol–water partition coefficient (Wildman–Crippen LogP) is 2.42. The summed E-state index contributed by atoms with van der Waals surface area (Å²) in [5, 5.41) is 0. The van der Waals surface area contributed by atoms with Gasteiger partial charge in [0.15, 0.2) is 0 Å². The average Bonchev–Trinajstić information content (AvgIpc) is 2.22. The van der Waals surface area contributed by atoms with Crippen LogP contribution in [0.4, 0.5) is 9.59 Å². The van der Waals surface area contributed by atoms with Crippen LogP contribution in [0.15, 0.2) is 0 Å². The summed E-state index contributed by atoms with van der Waals surface area (Å²) < 4.78 is 8.92. The number of ether oxygens (including phenoxy) is 2. The minimum Gasteiger partial charge on any atom is -0.432 e. The molecule has 6 heteroatoms. The molecule has 0 radical (unpaired) electrons. The Balaban J connectivity index is 3.36. The fourth-order valence-electron chi connectivity index (χ4n) is 0.742. The van der Waals surface area contributed by atoms with Gasteiger partial charge in [-0.25, -0.2) is 0 Å². The van der Waals surface area contributed by atoms with Crippen molar-refractivity contribution in [2.75, 3.05) is 13.2 Å². The van der Waals surface area contributed by atoms with Crippen LogP contribution in [-0.4, -0.2) is 25.5 Å². The Labute approximate surface area is 88.4 Å². The summed E-state index contributed by atoms with van der Waals surface area (Å²) in [4.78, 5) is 29.3. The molecule has 0 aliphatic heterocycles. The second-order valence-electron chi connectivity index (χ2n) is 2.66. The highest BCUT2D eigenvalue weighted by atomic mass is 17.3. The molecular formula is C9H16O6. The maximum absolute atomic E-state index is 10.7. The lowest BCUT2D eigenvalue weighted by molar-refractivity contribution is -0.217. The minimum atomic E-state index is -1.07. The molecule has 0 N–H and O–H groups in total. The lowest BCUT2D eigenvalue weighted by Crippen LogP contribution is -2.14. The molecule has 0 heterocycles. The number of rotatable bonds is 5. The van der Waals surface area contributed by atoms with Gasteiger partial charge in [-0.2, -0.15) is 19.4 Å². The van der Waals surface area contributed by atoms with E-state index in [9.17, 15) is 9.59 Å². The summed E-state index contributed by atoms with van der Waals surface area (Å²) >= 11 is 0. The van der Waals surface area contributed by atoms with Crippen LogP contribution < -0.4 is 0 Å². The molecule has 0 atom stereocenters. The molecule has 0 amide bonds. The summed E-state index contributed by atoms with van der Waals surface area (Å²) in [5.74, 6) is 0.